The van der Waals surface area contributed by atoms with Crippen LogP contribution in [0.15, 0.2) is 29.0 Å². The minimum absolute atomic E-state index is 0.225. The van der Waals surface area contributed by atoms with Gasteiger partial charge in [-0.1, -0.05) is 12.7 Å². The molecule has 0 aromatic heterocycles. The Labute approximate surface area is 99.8 Å². The zero-order valence-electron chi connectivity index (χ0n) is 9.92. The van der Waals surface area contributed by atoms with Gasteiger partial charge in [-0.25, -0.2) is 9.88 Å². The minimum Gasteiger partial charge on any atom is -0.361 e. The van der Waals surface area contributed by atoms with Crippen LogP contribution in [-0.2, 0) is 14.6 Å². The van der Waals surface area contributed by atoms with Gasteiger partial charge in [-0.3, -0.25) is 4.79 Å². The summed E-state index contributed by atoms with van der Waals surface area (Å²) >= 11 is 0. The van der Waals surface area contributed by atoms with E-state index < -0.39 is 5.79 Å². The van der Waals surface area contributed by atoms with E-state index in [1.54, 1.807) is 17.9 Å². The number of aldehydes is 1. The molecule has 0 atom stereocenters. The first-order valence-electron chi connectivity index (χ1n) is 5.08. The van der Waals surface area contributed by atoms with Gasteiger partial charge in [-0.2, -0.15) is 4.89 Å². The van der Waals surface area contributed by atoms with Gasteiger partial charge in [0.2, 0.25) is 5.79 Å². The summed E-state index contributed by atoms with van der Waals surface area (Å²) < 4.78 is 0. The number of aliphatic imine (C=N–C) groups is 1. The number of β-amino-alcohol motifs (C(OH)–C–C–N with tert-alkyl or cyclic N) is 1. The van der Waals surface area contributed by atoms with Gasteiger partial charge < -0.3 is 10.0 Å². The zero-order chi connectivity index (χ0) is 12.9. The minimum atomic E-state index is -1.30. The highest BCUT2D eigenvalue weighted by Gasteiger charge is 2.44. The first kappa shape index (κ1) is 13.6. The molecule has 0 unspecified atom stereocenters. The van der Waals surface area contributed by atoms with Crippen molar-refractivity contribution in [3.05, 3.63) is 24.0 Å². The van der Waals surface area contributed by atoms with E-state index in [4.69, 9.17) is 0 Å². The summed E-state index contributed by atoms with van der Waals surface area (Å²) in [6.45, 7) is 5.91. The van der Waals surface area contributed by atoms with E-state index in [0.717, 1.165) is 0 Å². The van der Waals surface area contributed by atoms with Crippen LogP contribution < -0.4 is 0 Å². The number of aliphatic hydroxyl groups is 1. The molecule has 6 heteroatoms. The van der Waals surface area contributed by atoms with Crippen molar-refractivity contribution in [3.63, 3.8) is 0 Å². The van der Waals surface area contributed by atoms with Gasteiger partial charge >= 0.3 is 0 Å². The van der Waals surface area contributed by atoms with E-state index in [-0.39, 0.29) is 13.1 Å². The van der Waals surface area contributed by atoms with Crippen LogP contribution in [0, 0.1) is 0 Å². The first-order valence-corrected chi connectivity index (χ1v) is 5.08. The van der Waals surface area contributed by atoms with E-state index in [9.17, 15) is 9.90 Å². The highest BCUT2D eigenvalue weighted by molar-refractivity contribution is 6.01. The molecular formula is C11H16N2O4. The van der Waals surface area contributed by atoms with Crippen molar-refractivity contribution in [2.24, 2.45) is 4.99 Å². The van der Waals surface area contributed by atoms with E-state index in [1.807, 2.05) is 0 Å². The summed E-state index contributed by atoms with van der Waals surface area (Å²) in [4.78, 5) is 25.3. The Morgan fingerprint density at radius 2 is 2.24 bits per heavy atom. The standard InChI is InChI=1S/C11H16N2O4/c1-4-10(6-14)5-12-9(2)13-7-11(15,8-13)17-16-3/h4-6,15H,2,7-8H2,1,3H3/b10-4+,12-5-. The zero-order valence-corrected chi connectivity index (χ0v) is 9.92. The van der Waals surface area contributed by atoms with Crippen molar-refractivity contribution in [2.75, 3.05) is 20.2 Å². The molecule has 1 heterocycles. The Hall–Kier alpha value is -1.50. The quantitative estimate of drug-likeness (QED) is 0.180. The Balaban J connectivity index is 2.45. The number of carbonyl (C=O) groups is 1. The molecule has 17 heavy (non-hydrogen) atoms. The van der Waals surface area contributed by atoms with Gasteiger partial charge in [0.05, 0.1) is 20.2 Å². The van der Waals surface area contributed by atoms with Crippen molar-refractivity contribution < 1.29 is 19.7 Å². The van der Waals surface area contributed by atoms with Gasteiger partial charge in [-0.05, 0) is 6.92 Å². The third kappa shape index (κ3) is 3.48. The van der Waals surface area contributed by atoms with Crippen molar-refractivity contribution in [3.8, 4) is 0 Å². The van der Waals surface area contributed by atoms with Crippen molar-refractivity contribution in [2.45, 2.75) is 12.7 Å². The SMILES string of the molecule is C=C(/N=C\C(C=O)=C/C)N1CC(O)(OOC)C1. The number of allylic oxidation sites excluding steroid dienone is 2. The molecule has 1 rings (SSSR count). The topological polar surface area (TPSA) is 71.4 Å². The van der Waals surface area contributed by atoms with Crippen LogP contribution >= 0.6 is 0 Å². The van der Waals surface area contributed by atoms with Gasteiger partial charge in [0, 0.05) is 11.8 Å². The molecule has 0 bridgehead atoms. The van der Waals surface area contributed by atoms with Crippen molar-refractivity contribution in [1.29, 1.82) is 0 Å². The average molecular weight is 240 g/mol. The smallest absolute Gasteiger partial charge is 0.234 e. The maximum atomic E-state index is 10.5. The third-order valence-corrected chi connectivity index (χ3v) is 2.31. The molecule has 1 aliphatic rings. The van der Waals surface area contributed by atoms with E-state index in [1.165, 1.54) is 13.3 Å². The lowest BCUT2D eigenvalue weighted by atomic mass is 10.1. The Morgan fingerprint density at radius 1 is 1.59 bits per heavy atom. The molecule has 94 valence electrons. The predicted molar refractivity (Wildman–Crippen MR) is 62.1 cm³/mol. The summed E-state index contributed by atoms with van der Waals surface area (Å²) in [5.41, 5.74) is 0.468. The fourth-order valence-electron chi connectivity index (χ4n) is 1.34. The second-order valence-corrected chi connectivity index (χ2v) is 3.63. The molecule has 1 aliphatic heterocycles. The molecule has 1 N–H and O–H groups in total. The Kier molecular flexibility index (Phi) is 4.56. The molecule has 0 saturated carbocycles. The van der Waals surface area contributed by atoms with Crippen LogP contribution in [0.2, 0.25) is 0 Å². The highest BCUT2D eigenvalue weighted by Crippen LogP contribution is 2.25. The van der Waals surface area contributed by atoms with Gasteiger partial charge in [0.25, 0.3) is 0 Å². The molecule has 1 saturated heterocycles. The molecule has 1 fully saturated rings. The normalized spacial score (nSPS) is 19.2. The summed E-state index contributed by atoms with van der Waals surface area (Å²) in [5.74, 6) is -0.850. The van der Waals surface area contributed by atoms with Gasteiger partial charge in [0.15, 0.2) is 6.29 Å². The molecular weight excluding hydrogens is 224 g/mol. The average Bonchev–Trinajstić information content (AvgIpc) is 2.27. The molecule has 0 aliphatic carbocycles. The van der Waals surface area contributed by atoms with E-state index in [2.05, 4.69) is 21.3 Å². The highest BCUT2D eigenvalue weighted by atomic mass is 17.2. The molecule has 0 amide bonds. The fraction of sp³-hybridized carbons (Fsp3) is 0.455. The number of rotatable bonds is 6. The largest absolute Gasteiger partial charge is 0.361 e. The lowest BCUT2D eigenvalue weighted by Crippen LogP contribution is -2.62. The predicted octanol–water partition coefficient (Wildman–Crippen LogP) is 0.256. The lowest BCUT2D eigenvalue weighted by Gasteiger charge is -2.44. The molecule has 0 aromatic rings. The van der Waals surface area contributed by atoms with Crippen molar-refractivity contribution in [1.82, 2.24) is 4.90 Å². The van der Waals surface area contributed by atoms with Crippen LogP contribution in [0.1, 0.15) is 6.92 Å². The summed E-state index contributed by atoms with van der Waals surface area (Å²) in [5, 5.41) is 9.65. The van der Waals surface area contributed by atoms with Crippen LogP contribution in [0.3, 0.4) is 0 Å². The second-order valence-electron chi connectivity index (χ2n) is 3.63. The number of hydrogen-bond donors (Lipinski definition) is 1. The fourth-order valence-corrected chi connectivity index (χ4v) is 1.34. The lowest BCUT2D eigenvalue weighted by molar-refractivity contribution is -0.433. The number of likely N-dealkylation sites (tertiary alicyclic amines) is 1. The van der Waals surface area contributed by atoms with Gasteiger partial charge in [0.1, 0.15) is 5.82 Å². The van der Waals surface area contributed by atoms with Crippen LogP contribution in [-0.4, -0.2) is 48.5 Å². The van der Waals surface area contributed by atoms with Crippen molar-refractivity contribution >= 4 is 12.5 Å². The Morgan fingerprint density at radius 3 is 2.71 bits per heavy atom. The maximum absolute atomic E-state index is 10.5. The number of nitrogens with zero attached hydrogens (tertiary/aromatic N) is 2. The number of hydrogen-bond acceptors (Lipinski definition) is 6. The molecule has 0 spiro atoms. The molecule has 6 nitrogen and oxygen atoms in total. The van der Waals surface area contributed by atoms with Crippen LogP contribution in [0.4, 0.5) is 0 Å². The van der Waals surface area contributed by atoms with E-state index >= 15 is 0 Å². The van der Waals surface area contributed by atoms with Crippen LogP contribution in [0.25, 0.3) is 0 Å². The molecule has 0 aromatic carbocycles. The molecule has 0 radical (unpaired) electrons. The third-order valence-electron chi connectivity index (χ3n) is 2.31. The second kappa shape index (κ2) is 5.72. The summed E-state index contributed by atoms with van der Waals surface area (Å²) in [6.07, 6.45) is 3.77. The van der Waals surface area contributed by atoms with Gasteiger partial charge in [-0.15, -0.1) is 0 Å². The first-order chi connectivity index (χ1) is 8.04. The maximum Gasteiger partial charge on any atom is 0.234 e. The Bertz CT molecular complexity index is 356. The van der Waals surface area contributed by atoms with E-state index in [0.29, 0.717) is 17.7 Å². The monoisotopic (exact) mass is 240 g/mol. The summed E-state index contributed by atoms with van der Waals surface area (Å²) in [7, 11) is 1.33. The van der Waals surface area contributed by atoms with Crippen LogP contribution in [0.5, 0.6) is 0 Å². The number of carbonyl (C=O) groups excluding carboxylic acids is 1. The summed E-state index contributed by atoms with van der Waals surface area (Å²) in [6, 6.07) is 0.